The van der Waals surface area contributed by atoms with Gasteiger partial charge in [0.2, 0.25) is 0 Å². The Kier molecular flexibility index (Phi) is 3.07. The van der Waals surface area contributed by atoms with E-state index in [-0.39, 0.29) is 12.0 Å². The van der Waals surface area contributed by atoms with Crippen LogP contribution in [-0.2, 0) is 22.5 Å². The molecule has 0 amide bonds. The monoisotopic (exact) mass is 269 g/mol. The van der Waals surface area contributed by atoms with E-state index in [0.29, 0.717) is 13.0 Å². The summed E-state index contributed by atoms with van der Waals surface area (Å²) in [6.45, 7) is 0.717. The van der Waals surface area contributed by atoms with Gasteiger partial charge in [-0.15, -0.1) is 0 Å². The topological polar surface area (TPSA) is 38.3 Å². The normalized spacial score (nSPS) is 19.5. The summed E-state index contributed by atoms with van der Waals surface area (Å²) in [6, 6.07) is 5.92. The molecule has 0 aliphatic carbocycles. The van der Waals surface area contributed by atoms with Gasteiger partial charge in [-0.05, 0) is 29.7 Å². The van der Waals surface area contributed by atoms with Gasteiger partial charge in [-0.1, -0.05) is 22.0 Å². The first-order valence-corrected chi connectivity index (χ1v) is 5.58. The molecule has 0 saturated heterocycles. The Labute approximate surface area is 96.9 Å². The Morgan fingerprint density at radius 2 is 2.33 bits per heavy atom. The van der Waals surface area contributed by atoms with Crippen molar-refractivity contribution in [1.29, 1.82) is 0 Å². The number of hydrogen-bond donors (Lipinski definition) is 1. The van der Waals surface area contributed by atoms with Crippen molar-refractivity contribution in [3.63, 3.8) is 0 Å². The summed E-state index contributed by atoms with van der Waals surface area (Å²) in [4.78, 5) is 11.3. The third-order valence-corrected chi connectivity index (χ3v) is 3.11. The van der Waals surface area contributed by atoms with E-state index < -0.39 is 0 Å². The summed E-state index contributed by atoms with van der Waals surface area (Å²) in [5.74, 6) is -0.191. The number of ether oxygens (including phenoxy) is 1. The third kappa shape index (κ3) is 2.21. The quantitative estimate of drug-likeness (QED) is 0.788. The average Bonchev–Trinajstić information content (AvgIpc) is 2.27. The summed E-state index contributed by atoms with van der Waals surface area (Å²) in [5, 5.41) is 3.16. The Morgan fingerprint density at radius 1 is 1.53 bits per heavy atom. The number of carbonyl (C=O) groups excluding carboxylic acids is 1. The first kappa shape index (κ1) is 10.6. The van der Waals surface area contributed by atoms with E-state index in [2.05, 4.69) is 33.4 Å². The fourth-order valence-corrected chi connectivity index (χ4v) is 2.20. The second-order valence-corrected chi connectivity index (χ2v) is 4.49. The molecular weight excluding hydrogens is 258 g/mol. The SMILES string of the molecule is COC(=O)C1Cc2ccc(Br)cc2CN1. The second kappa shape index (κ2) is 4.33. The molecule has 2 rings (SSSR count). The molecule has 1 heterocycles. The van der Waals surface area contributed by atoms with Crippen molar-refractivity contribution in [3.05, 3.63) is 33.8 Å². The van der Waals surface area contributed by atoms with Gasteiger partial charge in [-0.25, -0.2) is 0 Å². The number of benzene rings is 1. The molecule has 1 aromatic rings. The van der Waals surface area contributed by atoms with Crippen molar-refractivity contribution in [3.8, 4) is 0 Å². The smallest absolute Gasteiger partial charge is 0.323 e. The van der Waals surface area contributed by atoms with Crippen LogP contribution in [0.15, 0.2) is 22.7 Å². The first-order valence-electron chi connectivity index (χ1n) is 4.79. The van der Waals surface area contributed by atoms with Crippen molar-refractivity contribution in [2.75, 3.05) is 7.11 Å². The van der Waals surface area contributed by atoms with E-state index in [4.69, 9.17) is 4.74 Å². The van der Waals surface area contributed by atoms with Gasteiger partial charge < -0.3 is 10.1 Å². The highest BCUT2D eigenvalue weighted by Gasteiger charge is 2.24. The molecule has 0 radical (unpaired) electrons. The maximum atomic E-state index is 11.3. The number of carbonyl (C=O) groups is 1. The Morgan fingerprint density at radius 3 is 3.07 bits per heavy atom. The molecule has 0 saturated carbocycles. The fourth-order valence-electron chi connectivity index (χ4n) is 1.79. The fraction of sp³-hybridized carbons (Fsp3) is 0.364. The molecule has 80 valence electrons. The van der Waals surface area contributed by atoms with E-state index in [0.717, 1.165) is 4.47 Å². The van der Waals surface area contributed by atoms with Crippen LogP contribution in [0.3, 0.4) is 0 Å². The summed E-state index contributed by atoms with van der Waals surface area (Å²) in [6.07, 6.45) is 0.704. The van der Waals surface area contributed by atoms with E-state index in [1.165, 1.54) is 18.2 Å². The van der Waals surface area contributed by atoms with Crippen LogP contribution in [0.1, 0.15) is 11.1 Å². The molecule has 0 spiro atoms. The van der Waals surface area contributed by atoms with Crippen LogP contribution in [0, 0.1) is 0 Å². The number of nitrogens with one attached hydrogen (secondary N) is 1. The van der Waals surface area contributed by atoms with E-state index in [1.807, 2.05) is 6.07 Å². The summed E-state index contributed by atoms with van der Waals surface area (Å²) < 4.78 is 5.79. The van der Waals surface area contributed by atoms with Crippen LogP contribution < -0.4 is 5.32 Å². The highest BCUT2D eigenvalue weighted by atomic mass is 79.9. The molecule has 1 aliphatic rings. The van der Waals surface area contributed by atoms with E-state index >= 15 is 0 Å². The molecule has 1 aromatic carbocycles. The zero-order valence-electron chi connectivity index (χ0n) is 8.42. The summed E-state index contributed by atoms with van der Waals surface area (Å²) in [5.41, 5.74) is 2.46. The van der Waals surface area contributed by atoms with Gasteiger partial charge in [0, 0.05) is 11.0 Å². The molecular formula is C11H12BrNO2. The minimum Gasteiger partial charge on any atom is -0.468 e. The molecule has 1 N–H and O–H groups in total. The molecule has 1 aliphatic heterocycles. The van der Waals surface area contributed by atoms with Gasteiger partial charge in [-0.3, -0.25) is 4.79 Å². The molecule has 1 atom stereocenters. The Hall–Kier alpha value is -0.870. The number of fused-ring (bicyclic) bond motifs is 1. The zero-order valence-corrected chi connectivity index (χ0v) is 10.0. The van der Waals surface area contributed by atoms with Crippen molar-refractivity contribution < 1.29 is 9.53 Å². The number of esters is 1. The van der Waals surface area contributed by atoms with Gasteiger partial charge in [0.05, 0.1) is 7.11 Å². The van der Waals surface area contributed by atoms with Crippen LogP contribution >= 0.6 is 15.9 Å². The van der Waals surface area contributed by atoms with Gasteiger partial charge in [-0.2, -0.15) is 0 Å². The molecule has 15 heavy (non-hydrogen) atoms. The lowest BCUT2D eigenvalue weighted by atomic mass is 9.96. The summed E-state index contributed by atoms with van der Waals surface area (Å²) >= 11 is 3.43. The molecule has 0 aromatic heterocycles. The van der Waals surface area contributed by atoms with Gasteiger partial charge in [0.25, 0.3) is 0 Å². The predicted octanol–water partition coefficient (Wildman–Crippen LogP) is 1.64. The van der Waals surface area contributed by atoms with Crippen LogP contribution in [0.5, 0.6) is 0 Å². The Balaban J connectivity index is 2.20. The number of methoxy groups -OCH3 is 1. The van der Waals surface area contributed by atoms with Crippen molar-refractivity contribution in [1.82, 2.24) is 5.32 Å². The maximum Gasteiger partial charge on any atom is 0.323 e. The van der Waals surface area contributed by atoms with Gasteiger partial charge >= 0.3 is 5.97 Å². The number of hydrogen-bond acceptors (Lipinski definition) is 3. The average molecular weight is 270 g/mol. The zero-order chi connectivity index (χ0) is 10.8. The van der Waals surface area contributed by atoms with Crippen LogP contribution in [0.25, 0.3) is 0 Å². The minimum atomic E-state index is -0.205. The van der Waals surface area contributed by atoms with Gasteiger partial charge in [0.1, 0.15) is 6.04 Å². The summed E-state index contributed by atoms with van der Waals surface area (Å²) in [7, 11) is 1.42. The molecule has 1 unspecified atom stereocenters. The van der Waals surface area contributed by atoms with Crippen molar-refractivity contribution >= 4 is 21.9 Å². The van der Waals surface area contributed by atoms with Gasteiger partial charge in [0.15, 0.2) is 0 Å². The lowest BCUT2D eigenvalue weighted by Crippen LogP contribution is -2.42. The van der Waals surface area contributed by atoms with Crippen molar-refractivity contribution in [2.24, 2.45) is 0 Å². The minimum absolute atomic E-state index is 0.191. The predicted molar refractivity (Wildman–Crippen MR) is 60.5 cm³/mol. The molecule has 0 fully saturated rings. The Bertz CT molecular complexity index is 392. The van der Waals surface area contributed by atoms with Crippen LogP contribution in [0.4, 0.5) is 0 Å². The second-order valence-electron chi connectivity index (χ2n) is 3.57. The van der Waals surface area contributed by atoms with Crippen molar-refractivity contribution in [2.45, 2.75) is 19.0 Å². The highest BCUT2D eigenvalue weighted by molar-refractivity contribution is 9.10. The van der Waals surface area contributed by atoms with Crippen LogP contribution in [-0.4, -0.2) is 19.1 Å². The van der Waals surface area contributed by atoms with Crippen LogP contribution in [0.2, 0.25) is 0 Å². The number of halogens is 1. The third-order valence-electron chi connectivity index (χ3n) is 2.62. The van der Waals surface area contributed by atoms with E-state index in [9.17, 15) is 4.79 Å². The molecule has 4 heteroatoms. The molecule has 3 nitrogen and oxygen atoms in total. The molecule has 0 bridgehead atoms. The number of rotatable bonds is 1. The standard InChI is InChI=1S/C11H12BrNO2/c1-15-11(14)10-5-7-2-3-9(12)4-8(7)6-13-10/h2-4,10,13H,5-6H2,1H3. The highest BCUT2D eigenvalue weighted by Crippen LogP contribution is 2.21. The lowest BCUT2D eigenvalue weighted by Gasteiger charge is -2.24. The maximum absolute atomic E-state index is 11.3. The first-order chi connectivity index (χ1) is 7.20. The lowest BCUT2D eigenvalue weighted by molar-refractivity contribution is -0.143. The largest absolute Gasteiger partial charge is 0.468 e. The van der Waals surface area contributed by atoms with E-state index in [1.54, 1.807) is 0 Å².